The minimum absolute atomic E-state index is 0.343. The molecule has 1 aromatic heterocycles. The summed E-state index contributed by atoms with van der Waals surface area (Å²) in [5.41, 5.74) is 2.27. The highest BCUT2D eigenvalue weighted by atomic mass is 16.5. The van der Waals surface area contributed by atoms with Crippen molar-refractivity contribution in [1.82, 2.24) is 4.98 Å². The fourth-order valence-corrected chi connectivity index (χ4v) is 2.49. The van der Waals surface area contributed by atoms with Gasteiger partial charge in [0.1, 0.15) is 5.82 Å². The molecule has 1 heterocycles. The second kappa shape index (κ2) is 8.47. The lowest BCUT2D eigenvalue weighted by Crippen LogP contribution is -2.12. The molecule has 0 saturated heterocycles. The topological polar surface area (TPSA) is 104 Å². The minimum Gasteiger partial charge on any atom is -0.465 e. The fraction of sp³-hybridized carbons (Fsp3) is 0.0476. The third-order valence-corrected chi connectivity index (χ3v) is 3.87. The second-order valence-electron chi connectivity index (χ2n) is 5.74. The first-order valence-corrected chi connectivity index (χ1v) is 8.32. The van der Waals surface area contributed by atoms with Gasteiger partial charge in [0.25, 0.3) is 5.91 Å². The van der Waals surface area contributed by atoms with Crippen molar-refractivity contribution >= 4 is 29.1 Å². The third-order valence-electron chi connectivity index (χ3n) is 3.87. The molecule has 0 bridgehead atoms. The van der Waals surface area contributed by atoms with E-state index in [1.54, 1.807) is 60.7 Å². The van der Waals surface area contributed by atoms with E-state index in [-0.39, 0.29) is 5.91 Å². The quantitative estimate of drug-likeness (QED) is 0.661. The molecule has 0 radical (unpaired) electrons. The second-order valence-corrected chi connectivity index (χ2v) is 5.74. The van der Waals surface area contributed by atoms with Crippen molar-refractivity contribution in [2.75, 3.05) is 17.7 Å². The molecule has 0 fully saturated rings. The maximum atomic E-state index is 12.3. The van der Waals surface area contributed by atoms with Crippen molar-refractivity contribution in [2.24, 2.45) is 0 Å². The van der Waals surface area contributed by atoms with E-state index >= 15 is 0 Å². The summed E-state index contributed by atoms with van der Waals surface area (Å²) in [5.74, 6) is -0.331. The minimum atomic E-state index is -0.460. The number of aromatic nitrogens is 1. The van der Waals surface area contributed by atoms with Gasteiger partial charge in [-0.15, -0.1) is 0 Å². The molecule has 28 heavy (non-hydrogen) atoms. The zero-order chi connectivity index (χ0) is 19.9. The van der Waals surface area contributed by atoms with Crippen molar-refractivity contribution in [3.05, 3.63) is 83.6 Å². The summed E-state index contributed by atoms with van der Waals surface area (Å²) < 4.78 is 4.77. The molecule has 0 aliphatic rings. The van der Waals surface area contributed by atoms with Gasteiger partial charge in [-0.05, 0) is 42.5 Å². The largest absolute Gasteiger partial charge is 0.465 e. The van der Waals surface area contributed by atoms with Gasteiger partial charge in [-0.2, -0.15) is 5.26 Å². The highest BCUT2D eigenvalue weighted by molar-refractivity contribution is 6.04. The first kappa shape index (κ1) is 18.6. The third kappa shape index (κ3) is 4.31. The number of anilines is 3. The Bertz CT molecular complexity index is 1060. The Morgan fingerprint density at radius 2 is 1.89 bits per heavy atom. The highest BCUT2D eigenvalue weighted by Crippen LogP contribution is 2.20. The number of hydrogen-bond donors (Lipinski definition) is 2. The zero-order valence-electron chi connectivity index (χ0n) is 15.0. The monoisotopic (exact) mass is 372 g/mol. The lowest BCUT2D eigenvalue weighted by molar-refractivity contribution is 0.0601. The molecule has 0 saturated carbocycles. The molecular formula is C21H16N4O3. The van der Waals surface area contributed by atoms with Crippen LogP contribution in [0.2, 0.25) is 0 Å². The number of methoxy groups -OCH3 is 1. The number of esters is 1. The Morgan fingerprint density at radius 1 is 1.07 bits per heavy atom. The number of hydrogen-bond acceptors (Lipinski definition) is 6. The molecule has 0 aliphatic carbocycles. The number of pyridine rings is 1. The molecule has 0 atom stereocenters. The lowest BCUT2D eigenvalue weighted by atomic mass is 10.1. The van der Waals surface area contributed by atoms with E-state index in [1.165, 1.54) is 13.3 Å². The summed E-state index contributed by atoms with van der Waals surface area (Å²) in [5, 5.41) is 14.7. The van der Waals surface area contributed by atoms with Crippen molar-refractivity contribution in [2.45, 2.75) is 0 Å². The summed E-state index contributed by atoms with van der Waals surface area (Å²) in [7, 11) is 1.32. The van der Waals surface area contributed by atoms with Crippen LogP contribution in [0.4, 0.5) is 17.2 Å². The van der Waals surface area contributed by atoms with E-state index < -0.39 is 5.97 Å². The van der Waals surface area contributed by atoms with Crippen LogP contribution >= 0.6 is 0 Å². The number of amides is 1. The van der Waals surface area contributed by atoms with Gasteiger partial charge in [-0.25, -0.2) is 9.78 Å². The van der Waals surface area contributed by atoms with Crippen LogP contribution in [0.15, 0.2) is 66.9 Å². The number of ether oxygens (including phenoxy) is 1. The summed E-state index contributed by atoms with van der Waals surface area (Å²) in [6, 6.07) is 18.8. The van der Waals surface area contributed by atoms with E-state index in [1.807, 2.05) is 6.07 Å². The van der Waals surface area contributed by atoms with E-state index in [4.69, 9.17) is 10.00 Å². The van der Waals surface area contributed by atoms with Crippen LogP contribution in [0.25, 0.3) is 0 Å². The summed E-state index contributed by atoms with van der Waals surface area (Å²) >= 11 is 0. The summed E-state index contributed by atoms with van der Waals surface area (Å²) in [4.78, 5) is 28.4. The molecule has 1 amide bonds. The Kier molecular flexibility index (Phi) is 5.63. The molecule has 7 heteroatoms. The average Bonchev–Trinajstić information content (AvgIpc) is 2.74. The van der Waals surface area contributed by atoms with Gasteiger partial charge in [0.05, 0.1) is 35.6 Å². The van der Waals surface area contributed by atoms with Crippen LogP contribution in [-0.4, -0.2) is 24.0 Å². The van der Waals surface area contributed by atoms with Crippen LogP contribution < -0.4 is 10.6 Å². The van der Waals surface area contributed by atoms with Crippen LogP contribution in [-0.2, 0) is 4.74 Å². The lowest BCUT2D eigenvalue weighted by Gasteiger charge is -2.10. The van der Waals surface area contributed by atoms with E-state index in [0.29, 0.717) is 33.9 Å². The molecule has 0 aliphatic heterocycles. The molecule has 2 aromatic carbocycles. The number of nitrogens with zero attached hydrogens (tertiary/aromatic N) is 2. The van der Waals surface area contributed by atoms with Crippen LogP contribution in [0, 0.1) is 11.3 Å². The van der Waals surface area contributed by atoms with Gasteiger partial charge in [0.15, 0.2) is 0 Å². The maximum absolute atomic E-state index is 12.3. The highest BCUT2D eigenvalue weighted by Gasteiger charge is 2.12. The normalized spacial score (nSPS) is 9.86. The number of benzene rings is 2. The molecule has 0 unspecified atom stereocenters. The van der Waals surface area contributed by atoms with E-state index in [2.05, 4.69) is 15.6 Å². The molecule has 7 nitrogen and oxygen atoms in total. The van der Waals surface area contributed by atoms with E-state index in [0.717, 1.165) is 0 Å². The van der Waals surface area contributed by atoms with Crippen LogP contribution in [0.3, 0.4) is 0 Å². The standard InChI is InChI=1S/C21H16N4O3/c1-28-21(27)17-7-2-3-8-18(17)25-19-10-9-15(13-23-19)20(26)24-16-6-4-5-14(11-16)12-22/h2-11,13H,1H3,(H,23,25)(H,24,26). The molecule has 2 N–H and O–H groups in total. The zero-order valence-corrected chi connectivity index (χ0v) is 15.0. The Balaban J connectivity index is 1.73. The predicted octanol–water partition coefficient (Wildman–Crippen LogP) is 3.74. The van der Waals surface area contributed by atoms with Crippen molar-refractivity contribution in [3.63, 3.8) is 0 Å². The number of nitriles is 1. The first-order valence-electron chi connectivity index (χ1n) is 8.32. The van der Waals surface area contributed by atoms with Crippen LogP contribution in [0.5, 0.6) is 0 Å². The van der Waals surface area contributed by atoms with Gasteiger partial charge in [0, 0.05) is 11.9 Å². The average molecular weight is 372 g/mol. The van der Waals surface area contributed by atoms with Crippen molar-refractivity contribution < 1.29 is 14.3 Å². The molecule has 138 valence electrons. The molecule has 3 aromatic rings. The Labute approximate surface area is 161 Å². The molecule has 3 rings (SSSR count). The van der Waals surface area contributed by atoms with E-state index in [9.17, 15) is 9.59 Å². The molecule has 0 spiro atoms. The SMILES string of the molecule is COC(=O)c1ccccc1Nc1ccc(C(=O)Nc2cccc(C#N)c2)cn1. The van der Waals surface area contributed by atoms with Gasteiger partial charge in [0.2, 0.25) is 0 Å². The van der Waals surface area contributed by atoms with Crippen LogP contribution in [0.1, 0.15) is 26.3 Å². The van der Waals surface area contributed by atoms with Gasteiger partial charge >= 0.3 is 5.97 Å². The Hall–Kier alpha value is -4.18. The fourth-order valence-electron chi connectivity index (χ4n) is 2.49. The van der Waals surface area contributed by atoms with Crippen molar-refractivity contribution in [1.29, 1.82) is 5.26 Å². The summed E-state index contributed by atoms with van der Waals surface area (Å²) in [6.45, 7) is 0. The number of carbonyl (C=O) groups excluding carboxylic acids is 2. The van der Waals surface area contributed by atoms with Gasteiger partial charge in [-0.3, -0.25) is 4.79 Å². The number of para-hydroxylation sites is 1. The van der Waals surface area contributed by atoms with Crippen molar-refractivity contribution in [3.8, 4) is 6.07 Å². The first-order chi connectivity index (χ1) is 13.6. The van der Waals surface area contributed by atoms with Gasteiger partial charge < -0.3 is 15.4 Å². The number of carbonyl (C=O) groups is 2. The van der Waals surface area contributed by atoms with Gasteiger partial charge in [-0.1, -0.05) is 18.2 Å². The maximum Gasteiger partial charge on any atom is 0.339 e. The smallest absolute Gasteiger partial charge is 0.339 e. The number of nitrogens with one attached hydrogen (secondary N) is 2. The number of rotatable bonds is 5. The summed E-state index contributed by atoms with van der Waals surface area (Å²) in [6.07, 6.45) is 1.42. The Morgan fingerprint density at radius 3 is 2.61 bits per heavy atom. The predicted molar refractivity (Wildman–Crippen MR) is 104 cm³/mol. The molecular weight excluding hydrogens is 356 g/mol.